The summed E-state index contributed by atoms with van der Waals surface area (Å²) in [5, 5.41) is 0. The first kappa shape index (κ1) is 122. The normalized spacial score (nSPS) is 15.1. The van der Waals surface area contributed by atoms with Crippen molar-refractivity contribution in [1.82, 2.24) is 14.7 Å². The average molecular weight is 1780 g/mol. The molecule has 0 radical (unpaired) electrons. The molecule has 750 valence electrons. The van der Waals surface area contributed by atoms with Gasteiger partial charge in [0.25, 0.3) is 0 Å². The van der Waals surface area contributed by atoms with Gasteiger partial charge in [0.15, 0.2) is 0 Å². The third-order valence-corrected chi connectivity index (χ3v) is 29.2. The van der Waals surface area contributed by atoms with Crippen LogP contribution in [0.3, 0.4) is 0 Å². The summed E-state index contributed by atoms with van der Waals surface area (Å²) in [5.41, 5.74) is 0. The van der Waals surface area contributed by atoms with Crippen molar-refractivity contribution in [2.75, 3.05) is 58.9 Å². The predicted octanol–water partition coefficient (Wildman–Crippen LogP) is 37.8. The Bertz CT molecular complexity index is 1820. The van der Waals surface area contributed by atoms with Gasteiger partial charge in [0, 0.05) is 19.6 Å². The Labute approximate surface area is 791 Å². The Hall–Kier alpha value is -1.71. The van der Waals surface area contributed by atoms with Crippen molar-refractivity contribution in [1.29, 1.82) is 0 Å². The second kappa shape index (κ2) is 99.3. The zero-order chi connectivity index (χ0) is 91.1. The highest BCUT2D eigenvalue weighted by molar-refractivity contribution is 5.80. The molecule has 0 N–H and O–H groups in total. The maximum atomic E-state index is 14.8. The smallest absolute Gasteiger partial charge is 0.309 e. The Morgan fingerprint density at radius 1 is 0.175 bits per heavy atom. The van der Waals surface area contributed by atoms with Crippen LogP contribution in [-0.2, 0) is 28.6 Å². The molecule has 0 aromatic heterocycles. The van der Waals surface area contributed by atoms with Crippen molar-refractivity contribution in [2.24, 2.45) is 17.8 Å². The van der Waals surface area contributed by atoms with E-state index in [1.807, 2.05) is 0 Å². The fourth-order valence-electron chi connectivity index (χ4n) is 20.2. The number of nitrogens with zero attached hydrogens (tertiary/aromatic N) is 3. The summed E-state index contributed by atoms with van der Waals surface area (Å²) in [6.45, 7) is 29.5. The summed E-state index contributed by atoms with van der Waals surface area (Å²) in [5.74, 6) is -2.47. The largest absolute Gasteiger partial charge is 0.462 e. The molecule has 0 aromatic rings. The number of ether oxygens (including phenoxy) is 3. The molecule has 126 heavy (non-hydrogen) atoms. The van der Waals surface area contributed by atoms with Gasteiger partial charge in [0.2, 0.25) is 0 Å². The number of hydrogen-bond acceptors (Lipinski definition) is 9. The lowest BCUT2D eigenvalue weighted by Crippen LogP contribution is -2.39. The van der Waals surface area contributed by atoms with E-state index in [-0.39, 0.29) is 36.2 Å². The minimum absolute atomic E-state index is 0.255. The van der Waals surface area contributed by atoms with Crippen molar-refractivity contribution >= 4 is 17.9 Å². The number of unbranched alkanes of at least 4 members (excludes halogenated alkanes) is 78. The van der Waals surface area contributed by atoms with Crippen LogP contribution >= 0.6 is 0 Å². The first-order valence-electron chi connectivity index (χ1n) is 58.8. The predicted molar refractivity (Wildman–Crippen MR) is 556 cm³/mol. The Morgan fingerprint density at radius 2 is 0.278 bits per heavy atom. The monoisotopic (exact) mass is 1770 g/mol. The van der Waals surface area contributed by atoms with Crippen LogP contribution in [-0.4, -0.2) is 110 Å². The molecule has 0 saturated heterocycles. The Kier molecular flexibility index (Phi) is 96.3. The van der Waals surface area contributed by atoms with Crippen LogP contribution in [0, 0.1) is 17.8 Å². The topological polar surface area (TPSA) is 88.6 Å². The number of hydrogen-bond donors (Lipinski definition) is 0. The minimum atomic E-state index is -0.569. The summed E-state index contributed by atoms with van der Waals surface area (Å²) in [6.07, 6.45) is 118. The van der Waals surface area contributed by atoms with Crippen LogP contribution in [0.15, 0.2) is 0 Å². The quantitative estimate of drug-likeness (QED) is 0.0336. The summed E-state index contributed by atoms with van der Waals surface area (Å²) < 4.78 is 19.6. The van der Waals surface area contributed by atoms with Gasteiger partial charge in [-0.05, 0) is 137 Å². The number of carbonyl (C=O) groups is 3. The van der Waals surface area contributed by atoms with Crippen molar-refractivity contribution in [3.63, 3.8) is 0 Å². The maximum Gasteiger partial charge on any atom is 0.309 e. The summed E-state index contributed by atoms with van der Waals surface area (Å²) in [7, 11) is 0. The molecule has 0 amide bonds. The van der Waals surface area contributed by atoms with E-state index in [2.05, 4.69) is 77.0 Å². The van der Waals surface area contributed by atoms with Gasteiger partial charge in [-0.3, -0.25) is 14.4 Å². The number of carbonyl (C=O) groups excluding carboxylic acids is 3. The highest BCUT2D eigenvalue weighted by atomic mass is 16.6. The zero-order valence-corrected chi connectivity index (χ0v) is 87.8. The lowest BCUT2D eigenvalue weighted by Gasteiger charge is -2.33. The molecular formula is C117H231N3O6. The van der Waals surface area contributed by atoms with Crippen molar-refractivity contribution in [3.05, 3.63) is 0 Å². The van der Waals surface area contributed by atoms with Gasteiger partial charge in [-0.2, -0.15) is 0 Å². The minimum Gasteiger partial charge on any atom is -0.462 e. The molecule has 3 atom stereocenters. The molecule has 3 unspecified atom stereocenters. The van der Waals surface area contributed by atoms with Crippen molar-refractivity contribution in [2.45, 2.75) is 658 Å². The molecule has 0 spiro atoms. The van der Waals surface area contributed by atoms with Gasteiger partial charge in [0.05, 0.1) is 17.8 Å². The van der Waals surface area contributed by atoms with Gasteiger partial charge in [-0.1, -0.05) is 542 Å². The second-order valence-electron chi connectivity index (χ2n) is 42.0. The molecule has 1 rings (SSSR count). The lowest BCUT2D eigenvalue weighted by molar-refractivity contribution is -0.166. The van der Waals surface area contributed by atoms with Gasteiger partial charge in [0.1, 0.15) is 18.3 Å². The molecule has 1 fully saturated rings. The molecule has 1 saturated carbocycles. The van der Waals surface area contributed by atoms with Gasteiger partial charge < -0.3 is 28.9 Å². The van der Waals surface area contributed by atoms with Gasteiger partial charge >= 0.3 is 17.9 Å². The second-order valence-corrected chi connectivity index (χ2v) is 42.0. The van der Waals surface area contributed by atoms with E-state index < -0.39 is 17.8 Å². The van der Waals surface area contributed by atoms with Crippen LogP contribution in [0.1, 0.15) is 640 Å². The van der Waals surface area contributed by atoms with Gasteiger partial charge in [-0.15, -0.1) is 0 Å². The SMILES string of the molecule is CCCCCCCCCCCCCCCCN(CCCCCCCCCCCCCCCC)CCC(C)OC(=O)[C@H]1C[C@@H](C(=O)OC(C)CCN(CCCCCCCCCCCCCCCC)CCCCCCCCCCCCCCCC)C[C@@H](C(=O)OC(C)CCN(CCCCCCCCCCCCCCCC)CCCCCCCCCCCCCCCC)C1. The lowest BCUT2D eigenvalue weighted by atomic mass is 9.75. The summed E-state index contributed by atoms with van der Waals surface area (Å²) in [4.78, 5) is 52.6. The number of esters is 3. The highest BCUT2D eigenvalue weighted by Crippen LogP contribution is 2.37. The average Bonchev–Trinajstić information content (AvgIpc) is 0.820. The molecule has 9 nitrogen and oxygen atoms in total. The maximum absolute atomic E-state index is 14.8. The zero-order valence-electron chi connectivity index (χ0n) is 87.8. The van der Waals surface area contributed by atoms with Crippen LogP contribution in [0.2, 0.25) is 0 Å². The fraction of sp³-hybridized carbons (Fsp3) is 0.974. The van der Waals surface area contributed by atoms with E-state index in [0.29, 0.717) is 19.3 Å². The van der Waals surface area contributed by atoms with E-state index in [1.54, 1.807) is 0 Å². The van der Waals surface area contributed by atoms with E-state index in [4.69, 9.17) is 14.2 Å². The highest BCUT2D eigenvalue weighted by Gasteiger charge is 2.42. The van der Waals surface area contributed by atoms with Crippen LogP contribution < -0.4 is 0 Å². The molecular weight excluding hydrogens is 1540 g/mol. The van der Waals surface area contributed by atoms with E-state index in [9.17, 15) is 14.4 Å². The molecule has 0 aromatic carbocycles. The van der Waals surface area contributed by atoms with Gasteiger partial charge in [-0.25, -0.2) is 0 Å². The molecule has 0 aliphatic heterocycles. The third kappa shape index (κ3) is 85.2. The molecule has 1 aliphatic rings. The van der Waals surface area contributed by atoms with Crippen LogP contribution in [0.4, 0.5) is 0 Å². The summed E-state index contributed by atoms with van der Waals surface area (Å²) in [6, 6.07) is 0. The van der Waals surface area contributed by atoms with Crippen molar-refractivity contribution < 1.29 is 28.6 Å². The summed E-state index contributed by atoms with van der Waals surface area (Å²) >= 11 is 0. The fourth-order valence-corrected chi connectivity index (χ4v) is 20.2. The van der Waals surface area contributed by atoms with Crippen molar-refractivity contribution in [3.8, 4) is 0 Å². The molecule has 0 bridgehead atoms. The third-order valence-electron chi connectivity index (χ3n) is 29.2. The Morgan fingerprint density at radius 3 is 0.389 bits per heavy atom. The standard InChI is InChI=1S/C117H231N3O6/c1-10-16-22-28-34-40-46-52-58-64-70-76-82-88-97-118(98-89-83-77-71-65-59-53-47-41-35-29-23-17-11-2)103-94-109(7)124-115(121)112-106-113(116(122)125-110(8)95-104-119(99-90-84-78-72-66-60-54-48-42-36-30-24-18-12-3)100-91-85-79-73-67-61-55-49-43-37-31-25-19-13-4)108-114(107-112)117(123)126-111(9)96-105-120(101-92-86-80-74-68-62-56-50-44-38-32-26-20-14-5)102-93-87-81-75-69-63-57-51-45-39-33-27-21-15-6/h109-114H,10-108H2,1-9H3/t109?,110?,111?,112-,113+,114-. The molecule has 1 aliphatic carbocycles. The number of rotatable bonds is 105. The molecule has 0 heterocycles. The van der Waals surface area contributed by atoms with E-state index in [1.165, 1.54) is 539 Å². The first-order chi connectivity index (χ1) is 62.0. The van der Waals surface area contributed by atoms with E-state index >= 15 is 0 Å². The van der Waals surface area contributed by atoms with E-state index in [0.717, 1.165) is 78.2 Å². The Balaban J connectivity index is 3.31. The van der Waals surface area contributed by atoms with Crippen LogP contribution in [0.5, 0.6) is 0 Å². The first-order valence-corrected chi connectivity index (χ1v) is 58.8. The van der Waals surface area contributed by atoms with Crippen LogP contribution in [0.25, 0.3) is 0 Å². The molecule has 9 heteroatoms.